The number of anilines is 1. The molecule has 0 aliphatic heterocycles. The number of amides is 3. The summed E-state index contributed by atoms with van der Waals surface area (Å²) in [6.07, 6.45) is -0.138. The van der Waals surface area contributed by atoms with E-state index in [4.69, 9.17) is 16.3 Å². The number of para-hydroxylation sites is 1. The summed E-state index contributed by atoms with van der Waals surface area (Å²) < 4.78 is 5.40. The molecule has 0 atom stereocenters. The molecule has 2 aromatic rings. The Morgan fingerprint density at radius 2 is 1.50 bits per heavy atom. The van der Waals surface area contributed by atoms with E-state index in [-0.39, 0.29) is 25.4 Å². The fourth-order valence-corrected chi connectivity index (χ4v) is 2.59. The minimum absolute atomic E-state index is 0.0496. The number of ether oxygens (including phenoxy) is 1. The summed E-state index contributed by atoms with van der Waals surface area (Å²) in [7, 11) is 0. The van der Waals surface area contributed by atoms with Gasteiger partial charge >= 0.3 is 0 Å². The number of carbonyl (C=O) groups is 3. The van der Waals surface area contributed by atoms with Crippen molar-refractivity contribution in [1.82, 2.24) is 10.9 Å². The molecule has 0 spiro atoms. The molecule has 0 aliphatic carbocycles. The van der Waals surface area contributed by atoms with Crippen LogP contribution < -0.4 is 20.9 Å². The maximum atomic E-state index is 11.9. The first kappa shape index (κ1) is 21.2. The molecule has 2 aromatic carbocycles. The zero-order valence-corrected chi connectivity index (χ0v) is 16.4. The highest BCUT2D eigenvalue weighted by Gasteiger charge is 2.10. The molecule has 3 amide bonds. The first-order valence-electron chi connectivity index (χ1n) is 8.66. The zero-order chi connectivity index (χ0) is 20.5. The largest absolute Gasteiger partial charge is 0.484 e. The van der Waals surface area contributed by atoms with Crippen LogP contribution in [0.25, 0.3) is 0 Å². The number of halogens is 1. The monoisotopic (exact) mass is 403 g/mol. The van der Waals surface area contributed by atoms with Crippen molar-refractivity contribution in [2.24, 2.45) is 0 Å². The van der Waals surface area contributed by atoms with Crippen molar-refractivity contribution in [3.63, 3.8) is 0 Å². The maximum Gasteiger partial charge on any atom is 0.276 e. The highest BCUT2D eigenvalue weighted by molar-refractivity contribution is 6.33. The van der Waals surface area contributed by atoms with Crippen molar-refractivity contribution in [3.8, 4) is 5.75 Å². The molecule has 0 saturated carbocycles. The van der Waals surface area contributed by atoms with E-state index in [1.807, 2.05) is 32.0 Å². The molecule has 148 valence electrons. The number of benzene rings is 2. The smallest absolute Gasteiger partial charge is 0.276 e. The third kappa shape index (κ3) is 7.28. The minimum Gasteiger partial charge on any atom is -0.484 e. The molecule has 28 heavy (non-hydrogen) atoms. The van der Waals surface area contributed by atoms with Gasteiger partial charge in [0, 0.05) is 12.8 Å². The van der Waals surface area contributed by atoms with Crippen molar-refractivity contribution in [2.75, 3.05) is 11.9 Å². The van der Waals surface area contributed by atoms with E-state index in [1.165, 1.54) is 0 Å². The molecule has 8 heteroatoms. The first-order valence-corrected chi connectivity index (χ1v) is 9.04. The number of aryl methyl sites for hydroxylation is 2. The Bertz CT molecular complexity index is 850. The third-order valence-corrected chi connectivity index (χ3v) is 3.96. The molecule has 0 fully saturated rings. The second-order valence-corrected chi connectivity index (χ2v) is 6.64. The Hall–Kier alpha value is -3.06. The Labute approximate surface area is 168 Å². The van der Waals surface area contributed by atoms with E-state index in [1.54, 1.807) is 24.3 Å². The van der Waals surface area contributed by atoms with Crippen molar-refractivity contribution in [3.05, 3.63) is 58.6 Å². The van der Waals surface area contributed by atoms with Gasteiger partial charge in [-0.2, -0.15) is 0 Å². The van der Waals surface area contributed by atoms with Gasteiger partial charge in [0.25, 0.3) is 5.91 Å². The predicted molar refractivity (Wildman–Crippen MR) is 107 cm³/mol. The van der Waals surface area contributed by atoms with Crippen molar-refractivity contribution in [2.45, 2.75) is 26.7 Å². The quantitative estimate of drug-likeness (QED) is 0.619. The van der Waals surface area contributed by atoms with Crippen LogP contribution in [0, 0.1) is 13.8 Å². The average molecular weight is 404 g/mol. The molecule has 3 N–H and O–H groups in total. The lowest BCUT2D eigenvalue weighted by Gasteiger charge is -2.10. The van der Waals surface area contributed by atoms with Gasteiger partial charge in [-0.3, -0.25) is 25.2 Å². The number of rotatable bonds is 7. The number of hydrogen-bond donors (Lipinski definition) is 3. The summed E-state index contributed by atoms with van der Waals surface area (Å²) in [6.45, 7) is 3.63. The fraction of sp³-hybridized carbons (Fsp3) is 0.250. The number of hydrazine groups is 1. The van der Waals surface area contributed by atoms with E-state index in [0.29, 0.717) is 16.5 Å². The average Bonchev–Trinajstić information content (AvgIpc) is 2.64. The van der Waals surface area contributed by atoms with Crippen LogP contribution in [0.5, 0.6) is 5.75 Å². The van der Waals surface area contributed by atoms with Crippen LogP contribution in [-0.4, -0.2) is 24.3 Å². The van der Waals surface area contributed by atoms with Gasteiger partial charge in [-0.15, -0.1) is 0 Å². The summed E-state index contributed by atoms with van der Waals surface area (Å²) in [5.74, 6) is -0.773. The van der Waals surface area contributed by atoms with Crippen LogP contribution in [0.4, 0.5) is 5.69 Å². The van der Waals surface area contributed by atoms with Gasteiger partial charge in [-0.25, -0.2) is 0 Å². The van der Waals surface area contributed by atoms with Crippen LogP contribution in [0.1, 0.15) is 24.0 Å². The van der Waals surface area contributed by atoms with Gasteiger partial charge in [0.15, 0.2) is 6.61 Å². The maximum absolute atomic E-state index is 11.9. The van der Waals surface area contributed by atoms with E-state index < -0.39 is 11.8 Å². The molecule has 0 saturated heterocycles. The minimum atomic E-state index is -0.506. The molecule has 0 unspecified atom stereocenters. The molecule has 0 aliphatic rings. The van der Waals surface area contributed by atoms with Crippen LogP contribution in [-0.2, 0) is 14.4 Å². The van der Waals surface area contributed by atoms with Crippen LogP contribution in [0.3, 0.4) is 0 Å². The number of nitrogens with one attached hydrogen (secondary N) is 3. The topological polar surface area (TPSA) is 96.5 Å². The van der Waals surface area contributed by atoms with E-state index in [0.717, 1.165) is 11.1 Å². The summed E-state index contributed by atoms with van der Waals surface area (Å²) in [5, 5.41) is 3.03. The van der Waals surface area contributed by atoms with Crippen LogP contribution in [0.15, 0.2) is 42.5 Å². The van der Waals surface area contributed by atoms with Gasteiger partial charge in [-0.1, -0.05) is 29.8 Å². The Balaban J connectivity index is 1.66. The standard InChI is InChI=1S/C20H22ClN3O4/c1-13-9-14(2)11-15(10-13)28-12-20(27)24-23-19(26)8-7-18(25)22-17-6-4-3-5-16(17)21/h3-6,9-11H,7-8,12H2,1-2H3,(H,22,25)(H,23,26)(H,24,27). The van der Waals surface area contributed by atoms with Gasteiger partial charge in [0.1, 0.15) is 5.75 Å². The fourth-order valence-electron chi connectivity index (χ4n) is 2.41. The van der Waals surface area contributed by atoms with E-state index in [2.05, 4.69) is 16.2 Å². The van der Waals surface area contributed by atoms with Crippen molar-refractivity contribution < 1.29 is 19.1 Å². The van der Waals surface area contributed by atoms with Gasteiger partial charge in [0.2, 0.25) is 11.8 Å². The molecular formula is C20H22ClN3O4. The Morgan fingerprint density at radius 3 is 2.18 bits per heavy atom. The van der Waals surface area contributed by atoms with Gasteiger partial charge in [0.05, 0.1) is 10.7 Å². The van der Waals surface area contributed by atoms with E-state index in [9.17, 15) is 14.4 Å². The molecule has 0 bridgehead atoms. The number of carbonyl (C=O) groups excluding carboxylic acids is 3. The normalized spacial score (nSPS) is 10.1. The second-order valence-electron chi connectivity index (χ2n) is 6.24. The van der Waals surface area contributed by atoms with E-state index >= 15 is 0 Å². The lowest BCUT2D eigenvalue weighted by molar-refractivity contribution is -0.130. The lowest BCUT2D eigenvalue weighted by atomic mass is 10.1. The summed E-state index contributed by atoms with van der Waals surface area (Å²) in [6, 6.07) is 12.4. The molecule has 0 heterocycles. The lowest BCUT2D eigenvalue weighted by Crippen LogP contribution is -2.44. The van der Waals surface area contributed by atoms with Crippen LogP contribution in [0.2, 0.25) is 5.02 Å². The molecule has 0 aromatic heterocycles. The molecule has 2 rings (SSSR count). The third-order valence-electron chi connectivity index (χ3n) is 3.63. The predicted octanol–water partition coefficient (Wildman–Crippen LogP) is 2.90. The molecule has 7 nitrogen and oxygen atoms in total. The van der Waals surface area contributed by atoms with Crippen molar-refractivity contribution >= 4 is 35.0 Å². The summed E-state index contributed by atoms with van der Waals surface area (Å²) in [4.78, 5) is 35.4. The summed E-state index contributed by atoms with van der Waals surface area (Å²) >= 11 is 5.95. The Kier molecular flexibility index (Phi) is 7.83. The number of hydrogen-bond acceptors (Lipinski definition) is 4. The summed E-state index contributed by atoms with van der Waals surface area (Å²) in [5.41, 5.74) is 7.03. The highest BCUT2D eigenvalue weighted by atomic mass is 35.5. The zero-order valence-electron chi connectivity index (χ0n) is 15.7. The first-order chi connectivity index (χ1) is 13.3. The van der Waals surface area contributed by atoms with Gasteiger partial charge in [-0.05, 0) is 49.2 Å². The highest BCUT2D eigenvalue weighted by Crippen LogP contribution is 2.20. The molecule has 0 radical (unpaired) electrons. The molecular weight excluding hydrogens is 382 g/mol. The van der Waals surface area contributed by atoms with Crippen molar-refractivity contribution in [1.29, 1.82) is 0 Å². The SMILES string of the molecule is Cc1cc(C)cc(OCC(=O)NNC(=O)CCC(=O)Nc2ccccc2Cl)c1. The van der Waals surface area contributed by atoms with Gasteiger partial charge < -0.3 is 10.1 Å². The second kappa shape index (κ2) is 10.3. The Morgan fingerprint density at radius 1 is 0.893 bits per heavy atom. The van der Waals surface area contributed by atoms with Crippen LogP contribution >= 0.6 is 11.6 Å².